The summed E-state index contributed by atoms with van der Waals surface area (Å²) < 4.78 is 5.28. The molecule has 0 fully saturated rings. The van der Waals surface area contributed by atoms with Crippen molar-refractivity contribution in [2.75, 3.05) is 7.11 Å². The van der Waals surface area contributed by atoms with Crippen molar-refractivity contribution in [1.82, 2.24) is 0 Å². The number of methoxy groups -OCH3 is 1. The Labute approximate surface area is 92.7 Å². The summed E-state index contributed by atoms with van der Waals surface area (Å²) in [7, 11) is 1.66. The number of carbonyl (C=O) groups excluding carboxylic acids is 1. The van der Waals surface area contributed by atoms with Crippen LogP contribution in [0.25, 0.3) is 0 Å². The summed E-state index contributed by atoms with van der Waals surface area (Å²) in [5.41, 5.74) is 0.696. The van der Waals surface area contributed by atoms with Crippen LogP contribution in [-0.4, -0.2) is 18.5 Å². The third-order valence-corrected chi connectivity index (χ3v) is 3.04. The van der Waals surface area contributed by atoms with Crippen LogP contribution < -0.4 is 0 Å². The van der Waals surface area contributed by atoms with E-state index in [-0.39, 0.29) is 11.4 Å². The first-order chi connectivity index (χ1) is 7.05. The highest BCUT2D eigenvalue weighted by molar-refractivity contribution is 5.95. The van der Waals surface area contributed by atoms with Gasteiger partial charge in [0.05, 0.1) is 5.60 Å². The summed E-state index contributed by atoms with van der Waals surface area (Å²) in [6.07, 6.45) is 8.28. The van der Waals surface area contributed by atoms with E-state index in [2.05, 4.69) is 6.08 Å². The lowest BCUT2D eigenvalue weighted by molar-refractivity contribution is -0.120. The second-order valence-corrected chi connectivity index (χ2v) is 4.89. The predicted octanol–water partition coefficient (Wildman–Crippen LogP) is 3.26. The monoisotopic (exact) mass is 210 g/mol. The van der Waals surface area contributed by atoms with Crippen molar-refractivity contribution in [3.8, 4) is 0 Å². The average Bonchev–Trinajstić information content (AvgIpc) is 2.45. The smallest absolute Gasteiger partial charge is 0.161 e. The van der Waals surface area contributed by atoms with Gasteiger partial charge in [0, 0.05) is 13.5 Å². The first-order valence-corrected chi connectivity index (χ1v) is 5.82. The minimum absolute atomic E-state index is 0.267. The molecule has 0 aliphatic heterocycles. The van der Waals surface area contributed by atoms with Gasteiger partial charge in [0.1, 0.15) is 0 Å². The molecule has 0 aromatic rings. The highest BCUT2D eigenvalue weighted by Gasteiger charge is 2.23. The molecular formula is C13H22O2. The van der Waals surface area contributed by atoms with Crippen molar-refractivity contribution in [2.45, 2.75) is 58.0 Å². The highest BCUT2D eigenvalue weighted by Crippen LogP contribution is 2.22. The highest BCUT2D eigenvalue weighted by atomic mass is 16.5. The Kier molecular flexibility index (Phi) is 4.52. The van der Waals surface area contributed by atoms with E-state index in [1.807, 2.05) is 13.8 Å². The van der Waals surface area contributed by atoms with Crippen molar-refractivity contribution >= 4 is 5.78 Å². The second kappa shape index (κ2) is 5.45. The zero-order valence-corrected chi connectivity index (χ0v) is 10.1. The molecule has 0 unspecified atom stereocenters. The number of hydrogen-bond donors (Lipinski definition) is 0. The Bertz CT molecular complexity index is 251. The normalized spacial score (nSPS) is 18.2. The van der Waals surface area contributed by atoms with Crippen LogP contribution in [0.5, 0.6) is 0 Å². The van der Waals surface area contributed by atoms with Gasteiger partial charge in [-0.15, -0.1) is 0 Å². The summed E-state index contributed by atoms with van der Waals surface area (Å²) in [5, 5.41) is 0. The summed E-state index contributed by atoms with van der Waals surface area (Å²) in [6.45, 7) is 3.92. The van der Waals surface area contributed by atoms with Crippen LogP contribution in [-0.2, 0) is 9.53 Å². The molecule has 86 valence electrons. The average molecular weight is 210 g/mol. The zero-order valence-electron chi connectivity index (χ0n) is 10.1. The van der Waals surface area contributed by atoms with Gasteiger partial charge in [0.15, 0.2) is 5.78 Å². The molecule has 0 heterocycles. The first-order valence-electron chi connectivity index (χ1n) is 5.82. The third-order valence-electron chi connectivity index (χ3n) is 3.04. The number of ether oxygens (including phenoxy) is 1. The zero-order chi connectivity index (χ0) is 11.3. The van der Waals surface area contributed by atoms with Gasteiger partial charge < -0.3 is 4.74 Å². The molecule has 15 heavy (non-hydrogen) atoms. The van der Waals surface area contributed by atoms with Gasteiger partial charge in [-0.05, 0) is 45.1 Å². The van der Waals surface area contributed by atoms with Gasteiger partial charge in [-0.3, -0.25) is 4.79 Å². The first kappa shape index (κ1) is 12.4. The quantitative estimate of drug-likeness (QED) is 0.712. The lowest BCUT2D eigenvalue weighted by Gasteiger charge is -2.22. The molecule has 0 bridgehead atoms. The Morgan fingerprint density at radius 1 is 1.40 bits per heavy atom. The largest absolute Gasteiger partial charge is 0.378 e. The number of ketones is 1. The van der Waals surface area contributed by atoms with Crippen LogP contribution in [0.15, 0.2) is 11.6 Å². The van der Waals surface area contributed by atoms with E-state index in [0.29, 0.717) is 6.42 Å². The minimum atomic E-state index is -0.329. The molecule has 0 saturated heterocycles. The molecule has 2 nitrogen and oxygen atoms in total. The van der Waals surface area contributed by atoms with E-state index in [1.54, 1.807) is 7.11 Å². The van der Waals surface area contributed by atoms with Gasteiger partial charge in [0.2, 0.25) is 0 Å². The molecule has 0 N–H and O–H groups in total. The Morgan fingerprint density at radius 3 is 2.80 bits per heavy atom. The van der Waals surface area contributed by atoms with Crippen LogP contribution in [0.3, 0.4) is 0 Å². The van der Waals surface area contributed by atoms with E-state index < -0.39 is 0 Å². The van der Waals surface area contributed by atoms with Crippen LogP contribution in [0.1, 0.15) is 52.4 Å². The van der Waals surface area contributed by atoms with Crippen molar-refractivity contribution in [3.05, 3.63) is 11.6 Å². The molecule has 1 rings (SSSR count). The van der Waals surface area contributed by atoms with Crippen LogP contribution in [0.4, 0.5) is 0 Å². The molecule has 1 aliphatic carbocycles. The summed E-state index contributed by atoms with van der Waals surface area (Å²) >= 11 is 0. The predicted molar refractivity (Wildman–Crippen MR) is 61.9 cm³/mol. The SMILES string of the molecule is COC(C)(C)CC(=O)C1=CCCCCC1. The fourth-order valence-corrected chi connectivity index (χ4v) is 1.84. The molecule has 0 radical (unpaired) electrons. The molecule has 1 aliphatic rings. The van der Waals surface area contributed by atoms with Crippen molar-refractivity contribution in [3.63, 3.8) is 0 Å². The topological polar surface area (TPSA) is 26.3 Å². The number of hydrogen-bond acceptors (Lipinski definition) is 2. The van der Waals surface area contributed by atoms with Crippen LogP contribution in [0.2, 0.25) is 0 Å². The van der Waals surface area contributed by atoms with Gasteiger partial charge in [-0.1, -0.05) is 12.5 Å². The van der Waals surface area contributed by atoms with Crippen LogP contribution in [0, 0.1) is 0 Å². The number of allylic oxidation sites excluding steroid dienone is 2. The van der Waals surface area contributed by atoms with Crippen molar-refractivity contribution < 1.29 is 9.53 Å². The van der Waals surface area contributed by atoms with Gasteiger partial charge in [-0.2, -0.15) is 0 Å². The number of rotatable bonds is 4. The Balaban J connectivity index is 2.55. The van der Waals surface area contributed by atoms with E-state index >= 15 is 0 Å². The standard InChI is InChI=1S/C13H22O2/c1-13(2,15-3)10-12(14)11-8-6-4-5-7-9-11/h8H,4-7,9-10H2,1-3H3. The number of carbonyl (C=O) groups is 1. The van der Waals surface area contributed by atoms with E-state index in [4.69, 9.17) is 4.74 Å². The second-order valence-electron chi connectivity index (χ2n) is 4.89. The fraction of sp³-hybridized carbons (Fsp3) is 0.769. The lowest BCUT2D eigenvalue weighted by atomic mass is 9.95. The minimum Gasteiger partial charge on any atom is -0.378 e. The van der Waals surface area contributed by atoms with Gasteiger partial charge in [-0.25, -0.2) is 0 Å². The van der Waals surface area contributed by atoms with Crippen molar-refractivity contribution in [2.24, 2.45) is 0 Å². The molecular weight excluding hydrogens is 188 g/mol. The molecule has 0 saturated carbocycles. The maximum absolute atomic E-state index is 12.0. The molecule has 0 atom stereocenters. The maximum atomic E-state index is 12.0. The molecule has 0 aromatic heterocycles. The summed E-state index contributed by atoms with van der Waals surface area (Å²) in [6, 6.07) is 0. The number of Topliss-reactive ketones (excluding diaryl/α,β-unsaturated/α-hetero) is 1. The maximum Gasteiger partial charge on any atom is 0.161 e. The van der Waals surface area contributed by atoms with Crippen LogP contribution >= 0.6 is 0 Å². The Morgan fingerprint density at radius 2 is 2.13 bits per heavy atom. The van der Waals surface area contributed by atoms with Gasteiger partial charge >= 0.3 is 0 Å². The molecule has 2 heteroatoms. The lowest BCUT2D eigenvalue weighted by Crippen LogP contribution is -2.27. The van der Waals surface area contributed by atoms with E-state index in [1.165, 1.54) is 12.8 Å². The molecule has 0 aromatic carbocycles. The summed E-state index contributed by atoms with van der Waals surface area (Å²) in [5.74, 6) is 0.267. The third kappa shape index (κ3) is 4.17. The van der Waals surface area contributed by atoms with E-state index in [9.17, 15) is 4.79 Å². The molecule has 0 spiro atoms. The van der Waals surface area contributed by atoms with E-state index in [0.717, 1.165) is 24.8 Å². The Hall–Kier alpha value is -0.630. The van der Waals surface area contributed by atoms with Gasteiger partial charge in [0.25, 0.3) is 0 Å². The van der Waals surface area contributed by atoms with Crippen molar-refractivity contribution in [1.29, 1.82) is 0 Å². The summed E-state index contributed by atoms with van der Waals surface area (Å²) in [4.78, 5) is 12.0. The fourth-order valence-electron chi connectivity index (χ4n) is 1.84. The molecule has 0 amide bonds.